The molecule has 8 heteroatoms. The fourth-order valence-corrected chi connectivity index (χ4v) is 3.31. The van der Waals surface area contributed by atoms with Crippen molar-refractivity contribution in [2.45, 2.75) is 12.5 Å². The van der Waals surface area contributed by atoms with E-state index in [0.717, 1.165) is 5.56 Å². The number of carboxylic acid groups (broad SMARTS) is 1. The number of phenolic OH excluding ortho intramolecular Hbond substituents is 1. The van der Waals surface area contributed by atoms with Crippen LogP contribution in [0.3, 0.4) is 0 Å². The van der Waals surface area contributed by atoms with Crippen LogP contribution in [0.25, 0.3) is 6.08 Å². The number of nitroso groups, excluding NO2 is 1. The van der Waals surface area contributed by atoms with Crippen LogP contribution in [0.1, 0.15) is 11.1 Å². The Morgan fingerprint density at radius 1 is 1.19 bits per heavy atom. The van der Waals surface area contributed by atoms with Crippen molar-refractivity contribution in [1.29, 1.82) is 0 Å². The molecule has 0 saturated heterocycles. The smallest absolute Gasteiger partial charge is 0.307 e. The molecule has 136 valence electrons. The maximum atomic E-state index is 11.0. The number of carbonyl (C=O) groups is 1. The number of rotatable bonds is 8. The minimum atomic E-state index is -0.901. The second kappa shape index (κ2) is 9.49. The van der Waals surface area contributed by atoms with Crippen molar-refractivity contribution in [2.75, 3.05) is 6.61 Å². The van der Waals surface area contributed by atoms with Crippen LogP contribution < -0.4 is 4.74 Å². The molecule has 0 fully saturated rings. The number of hydrogen-bond acceptors (Lipinski definition) is 5. The normalized spacial score (nSPS) is 12.1. The number of phenols is 1. The molecule has 0 aliphatic rings. The minimum Gasteiger partial charge on any atom is -0.506 e. The largest absolute Gasteiger partial charge is 0.506 e. The molecule has 0 aliphatic heterocycles. The lowest BCUT2D eigenvalue weighted by Gasteiger charge is -2.09. The number of halogens is 2. The lowest BCUT2D eigenvalue weighted by atomic mass is 10.1. The van der Waals surface area contributed by atoms with Crippen molar-refractivity contribution < 1.29 is 19.7 Å². The molecular weight excluding hydrogens is 470 g/mol. The van der Waals surface area contributed by atoms with Gasteiger partial charge in [0.2, 0.25) is 0 Å². The van der Waals surface area contributed by atoms with Gasteiger partial charge in [-0.1, -0.05) is 29.5 Å². The first kappa shape index (κ1) is 20.1. The SMILES string of the molecule is O=NC(C=Cc1cc(Br)c(O)c(Br)c1)COc1ccc(CC(=O)O)cc1. The first-order valence-corrected chi connectivity index (χ1v) is 9.10. The highest BCUT2D eigenvalue weighted by atomic mass is 79.9. The first-order valence-electron chi connectivity index (χ1n) is 7.51. The van der Waals surface area contributed by atoms with E-state index in [1.54, 1.807) is 48.6 Å². The van der Waals surface area contributed by atoms with Gasteiger partial charge in [-0.2, -0.15) is 4.91 Å². The number of hydrogen-bond donors (Lipinski definition) is 2. The molecule has 2 aromatic rings. The topological polar surface area (TPSA) is 96.2 Å². The molecule has 0 aliphatic carbocycles. The average molecular weight is 485 g/mol. The highest BCUT2D eigenvalue weighted by Crippen LogP contribution is 2.33. The van der Waals surface area contributed by atoms with Crippen molar-refractivity contribution in [3.05, 3.63) is 67.5 Å². The molecule has 0 aromatic heterocycles. The molecule has 2 rings (SSSR count). The number of aliphatic carboxylic acids is 1. The predicted octanol–water partition coefficient (Wildman–Crippen LogP) is 4.77. The molecule has 6 nitrogen and oxygen atoms in total. The second-order valence-electron chi connectivity index (χ2n) is 5.39. The van der Waals surface area contributed by atoms with Gasteiger partial charge in [0.25, 0.3) is 0 Å². The van der Waals surface area contributed by atoms with E-state index >= 15 is 0 Å². The van der Waals surface area contributed by atoms with E-state index in [1.807, 2.05) is 0 Å². The van der Waals surface area contributed by atoms with Gasteiger partial charge >= 0.3 is 5.97 Å². The van der Waals surface area contributed by atoms with Gasteiger partial charge in [-0.05, 0) is 67.3 Å². The Bertz CT molecular complexity index is 798. The van der Waals surface area contributed by atoms with Crippen molar-refractivity contribution in [3.8, 4) is 11.5 Å². The Hall–Kier alpha value is -2.19. The Kier molecular flexibility index (Phi) is 7.35. The van der Waals surface area contributed by atoms with Crippen LogP contribution in [0.15, 0.2) is 56.6 Å². The molecule has 0 bridgehead atoms. The van der Waals surface area contributed by atoms with E-state index in [1.165, 1.54) is 0 Å². The summed E-state index contributed by atoms with van der Waals surface area (Å²) < 4.78 is 6.58. The quantitative estimate of drug-likeness (QED) is 0.526. The van der Waals surface area contributed by atoms with Crippen LogP contribution in [-0.2, 0) is 11.2 Å². The number of carboxylic acids is 1. The summed E-state index contributed by atoms with van der Waals surface area (Å²) in [5.74, 6) is -0.278. The fourth-order valence-electron chi connectivity index (χ4n) is 2.08. The summed E-state index contributed by atoms with van der Waals surface area (Å²) in [7, 11) is 0. The third-order valence-electron chi connectivity index (χ3n) is 3.38. The standard InChI is InChI=1S/C18H15Br2NO5/c19-15-7-12(8-16(20)18(15)24)1-4-13(21-25)10-26-14-5-2-11(3-6-14)9-17(22)23/h1-8,13,24H,9-10H2,(H,22,23). The molecule has 0 spiro atoms. The summed E-state index contributed by atoms with van der Waals surface area (Å²) in [6.07, 6.45) is 3.26. The molecule has 0 amide bonds. The van der Waals surface area contributed by atoms with Crippen LogP contribution >= 0.6 is 31.9 Å². The van der Waals surface area contributed by atoms with Crippen LogP contribution in [-0.4, -0.2) is 28.8 Å². The number of aromatic hydroxyl groups is 1. The highest BCUT2D eigenvalue weighted by Gasteiger charge is 2.08. The molecule has 26 heavy (non-hydrogen) atoms. The van der Waals surface area contributed by atoms with Gasteiger partial charge in [-0.3, -0.25) is 4.79 Å². The Labute approximate surface area is 166 Å². The van der Waals surface area contributed by atoms with Gasteiger partial charge in [0.15, 0.2) is 0 Å². The number of ether oxygens (including phenoxy) is 1. The molecule has 2 N–H and O–H groups in total. The lowest BCUT2D eigenvalue weighted by molar-refractivity contribution is -0.136. The van der Waals surface area contributed by atoms with Crippen LogP contribution in [0, 0.1) is 4.91 Å². The molecular formula is C18H15Br2NO5. The summed E-state index contributed by atoms with van der Waals surface area (Å²) in [4.78, 5) is 21.7. The lowest BCUT2D eigenvalue weighted by Crippen LogP contribution is -2.12. The van der Waals surface area contributed by atoms with E-state index in [0.29, 0.717) is 20.3 Å². The van der Waals surface area contributed by atoms with Gasteiger partial charge in [0, 0.05) is 0 Å². The van der Waals surface area contributed by atoms with E-state index in [-0.39, 0.29) is 18.8 Å². The number of nitrogens with zero attached hydrogens (tertiary/aromatic N) is 1. The monoisotopic (exact) mass is 483 g/mol. The Morgan fingerprint density at radius 2 is 1.81 bits per heavy atom. The molecule has 1 atom stereocenters. The second-order valence-corrected chi connectivity index (χ2v) is 7.10. The summed E-state index contributed by atoms with van der Waals surface area (Å²) in [5.41, 5.74) is 1.44. The van der Waals surface area contributed by atoms with Gasteiger partial charge in [0.1, 0.15) is 24.1 Å². The summed E-state index contributed by atoms with van der Waals surface area (Å²) in [6.45, 7) is 0.0543. The third-order valence-corrected chi connectivity index (χ3v) is 4.59. The van der Waals surface area contributed by atoms with Crippen molar-refractivity contribution in [2.24, 2.45) is 5.18 Å². The molecule has 2 aromatic carbocycles. The molecule has 0 radical (unpaired) electrons. The van der Waals surface area contributed by atoms with E-state index < -0.39 is 12.0 Å². The predicted molar refractivity (Wildman–Crippen MR) is 105 cm³/mol. The van der Waals surface area contributed by atoms with E-state index in [9.17, 15) is 14.8 Å². The zero-order chi connectivity index (χ0) is 19.1. The number of benzene rings is 2. The summed E-state index contributed by atoms with van der Waals surface area (Å²) in [5, 5.41) is 21.5. The summed E-state index contributed by atoms with van der Waals surface area (Å²) in [6, 6.07) is 9.35. The van der Waals surface area contributed by atoms with Gasteiger partial charge < -0.3 is 14.9 Å². The van der Waals surface area contributed by atoms with Crippen molar-refractivity contribution >= 4 is 43.9 Å². The molecule has 1 unspecified atom stereocenters. The molecule has 0 saturated carbocycles. The van der Waals surface area contributed by atoms with Crippen LogP contribution in [0.4, 0.5) is 0 Å². The van der Waals surface area contributed by atoms with Gasteiger partial charge in [-0.15, -0.1) is 0 Å². The zero-order valence-corrected chi connectivity index (χ0v) is 16.6. The minimum absolute atomic E-state index is 0.0543. The third kappa shape index (κ3) is 5.96. The van der Waals surface area contributed by atoms with E-state index in [4.69, 9.17) is 9.84 Å². The van der Waals surface area contributed by atoms with E-state index in [2.05, 4.69) is 37.0 Å². The van der Waals surface area contributed by atoms with Crippen molar-refractivity contribution in [3.63, 3.8) is 0 Å². The highest BCUT2D eigenvalue weighted by molar-refractivity contribution is 9.11. The zero-order valence-electron chi connectivity index (χ0n) is 13.4. The van der Waals surface area contributed by atoms with Crippen LogP contribution in [0.2, 0.25) is 0 Å². The molecule has 0 heterocycles. The average Bonchev–Trinajstić information content (AvgIpc) is 2.60. The Balaban J connectivity index is 1.97. The summed E-state index contributed by atoms with van der Waals surface area (Å²) >= 11 is 6.48. The maximum Gasteiger partial charge on any atom is 0.307 e. The van der Waals surface area contributed by atoms with Gasteiger partial charge in [-0.25, -0.2) is 0 Å². The fraction of sp³-hybridized carbons (Fsp3) is 0.167. The maximum absolute atomic E-state index is 11.0. The first-order chi connectivity index (χ1) is 12.4. The van der Waals surface area contributed by atoms with Crippen LogP contribution in [0.5, 0.6) is 11.5 Å². The van der Waals surface area contributed by atoms with Crippen molar-refractivity contribution in [1.82, 2.24) is 0 Å². The Morgan fingerprint density at radius 3 is 2.35 bits per heavy atom. The van der Waals surface area contributed by atoms with Gasteiger partial charge in [0.05, 0.1) is 15.4 Å².